The van der Waals surface area contributed by atoms with E-state index in [1.165, 1.54) is 4.90 Å². The second kappa shape index (κ2) is 14.7. The molecule has 1 saturated carbocycles. The summed E-state index contributed by atoms with van der Waals surface area (Å²) in [6, 6.07) is 6.62. The van der Waals surface area contributed by atoms with Gasteiger partial charge in [-0.3, -0.25) is 14.4 Å². The fourth-order valence-corrected chi connectivity index (χ4v) is 6.14. The van der Waals surface area contributed by atoms with Crippen molar-refractivity contribution in [2.24, 2.45) is 11.8 Å². The lowest BCUT2D eigenvalue weighted by atomic mass is 9.89. The van der Waals surface area contributed by atoms with Gasteiger partial charge in [0, 0.05) is 25.1 Å². The maximum absolute atomic E-state index is 14.3. The van der Waals surface area contributed by atoms with Gasteiger partial charge in [-0.2, -0.15) is 0 Å². The van der Waals surface area contributed by atoms with Gasteiger partial charge in [0.1, 0.15) is 23.7 Å². The molecule has 2 aromatic carbocycles. The number of aromatic carboxylic acids is 1. The minimum absolute atomic E-state index is 0.0418. The van der Waals surface area contributed by atoms with Gasteiger partial charge in [0.25, 0.3) is 5.91 Å². The summed E-state index contributed by atoms with van der Waals surface area (Å²) in [7, 11) is 0. The lowest BCUT2D eigenvalue weighted by Crippen LogP contribution is -2.54. The molecule has 13 heteroatoms. The molecule has 1 heterocycles. The van der Waals surface area contributed by atoms with Gasteiger partial charge in [-0.15, -0.1) is 0 Å². The monoisotopic (exact) mass is 621 g/mol. The molecule has 1 saturated heterocycles. The van der Waals surface area contributed by atoms with E-state index in [1.807, 2.05) is 0 Å². The van der Waals surface area contributed by atoms with E-state index in [0.29, 0.717) is 17.7 Å². The molecule has 3 amide bonds. The number of hydrogen-bond acceptors (Lipinski definition) is 5. The number of rotatable bonds is 12. The highest BCUT2D eigenvalue weighted by Crippen LogP contribution is 2.39. The maximum Gasteiger partial charge on any atom is 0.335 e. The first kappa shape index (κ1) is 32.9. The predicted octanol–water partition coefficient (Wildman–Crippen LogP) is 3.60. The number of alkyl halides is 2. The molecule has 44 heavy (non-hydrogen) atoms. The molecule has 4 rings (SSSR count). The SMILES string of the molecule is O=C(O)c1cc(F)c(CCNC(=O)[C@H](CC(F)F)NC(=O)[C@H]2C[C@@H](C3CCCC3)CN2C(=O)[C@@H](O)c2ccccc2)c(F)c1. The Morgan fingerprint density at radius 1 is 0.977 bits per heavy atom. The molecule has 238 valence electrons. The summed E-state index contributed by atoms with van der Waals surface area (Å²) in [5, 5.41) is 24.4. The molecule has 0 spiro atoms. The Bertz CT molecular complexity index is 1330. The molecule has 1 aliphatic carbocycles. The highest BCUT2D eigenvalue weighted by molar-refractivity contribution is 5.93. The van der Waals surface area contributed by atoms with Crippen LogP contribution in [0.15, 0.2) is 42.5 Å². The quantitative estimate of drug-likeness (QED) is 0.268. The standard InChI is InChI=1S/C31H35F4N3O6/c32-22-12-19(31(43)44)13-23(33)21(22)10-11-36-28(40)24(15-26(34)35)37-29(41)25-14-20(17-6-4-5-7-17)16-38(25)30(42)27(39)18-8-2-1-3-9-18/h1-3,8-9,12-13,17,20,24-27,39H,4-7,10-11,14-16H2,(H,36,40)(H,37,41)(H,43,44)/t20-,24+,25-,27+/m1/s1. The first-order valence-corrected chi connectivity index (χ1v) is 14.6. The summed E-state index contributed by atoms with van der Waals surface area (Å²) in [6.45, 7) is -0.190. The number of carbonyl (C=O) groups is 4. The molecule has 2 aromatic rings. The van der Waals surface area contributed by atoms with Crippen molar-refractivity contribution in [1.82, 2.24) is 15.5 Å². The predicted molar refractivity (Wildman–Crippen MR) is 150 cm³/mol. The highest BCUT2D eigenvalue weighted by Gasteiger charge is 2.45. The topological polar surface area (TPSA) is 136 Å². The number of halogens is 4. The number of aliphatic hydroxyl groups is 1. The first-order chi connectivity index (χ1) is 21.0. The van der Waals surface area contributed by atoms with Crippen LogP contribution in [0.2, 0.25) is 0 Å². The van der Waals surface area contributed by atoms with Gasteiger partial charge in [-0.25, -0.2) is 22.4 Å². The molecule has 0 radical (unpaired) electrons. The van der Waals surface area contributed by atoms with Crippen LogP contribution in [0.25, 0.3) is 0 Å². The van der Waals surface area contributed by atoms with Gasteiger partial charge < -0.3 is 25.7 Å². The van der Waals surface area contributed by atoms with Crippen LogP contribution in [0, 0.1) is 23.5 Å². The Kier molecular flexibility index (Phi) is 11.0. The van der Waals surface area contributed by atoms with Crippen LogP contribution in [0.5, 0.6) is 0 Å². The van der Waals surface area contributed by atoms with Crippen molar-refractivity contribution < 1.29 is 47.0 Å². The number of benzene rings is 2. The van der Waals surface area contributed by atoms with Crippen molar-refractivity contribution >= 4 is 23.7 Å². The number of nitrogens with zero attached hydrogens (tertiary/aromatic N) is 1. The van der Waals surface area contributed by atoms with Crippen LogP contribution >= 0.6 is 0 Å². The van der Waals surface area contributed by atoms with Crippen molar-refractivity contribution in [2.75, 3.05) is 13.1 Å². The van der Waals surface area contributed by atoms with Crippen LogP contribution in [0.3, 0.4) is 0 Å². The zero-order valence-electron chi connectivity index (χ0n) is 23.9. The van der Waals surface area contributed by atoms with E-state index >= 15 is 0 Å². The zero-order valence-corrected chi connectivity index (χ0v) is 23.9. The van der Waals surface area contributed by atoms with Crippen LogP contribution in [0.1, 0.15) is 66.1 Å². The summed E-state index contributed by atoms with van der Waals surface area (Å²) < 4.78 is 55.4. The van der Waals surface area contributed by atoms with Crippen molar-refractivity contribution in [3.63, 3.8) is 0 Å². The molecule has 4 atom stereocenters. The van der Waals surface area contributed by atoms with Gasteiger partial charge >= 0.3 is 5.97 Å². The first-order valence-electron chi connectivity index (χ1n) is 14.6. The summed E-state index contributed by atoms with van der Waals surface area (Å²) >= 11 is 0. The fraction of sp³-hybridized carbons (Fsp3) is 0.484. The third-order valence-electron chi connectivity index (χ3n) is 8.44. The number of carbonyl (C=O) groups excluding carboxylic acids is 3. The third-order valence-corrected chi connectivity index (χ3v) is 8.44. The molecular weight excluding hydrogens is 586 g/mol. The van der Waals surface area contributed by atoms with E-state index < -0.39 is 90.5 Å². The molecule has 0 aromatic heterocycles. The Morgan fingerprint density at radius 2 is 1.61 bits per heavy atom. The lowest BCUT2D eigenvalue weighted by Gasteiger charge is -2.28. The number of carboxylic acids is 1. The van der Waals surface area contributed by atoms with Gasteiger partial charge in [0.2, 0.25) is 18.2 Å². The number of carboxylic acid groups (broad SMARTS) is 1. The number of hydrogen-bond donors (Lipinski definition) is 4. The van der Waals surface area contributed by atoms with Crippen LogP contribution in [0.4, 0.5) is 17.6 Å². The summed E-state index contributed by atoms with van der Waals surface area (Å²) in [6.07, 6.45) is -1.84. The van der Waals surface area contributed by atoms with Gasteiger partial charge in [0.15, 0.2) is 6.10 Å². The smallest absolute Gasteiger partial charge is 0.335 e. The Morgan fingerprint density at radius 3 is 2.20 bits per heavy atom. The van der Waals surface area contributed by atoms with Crippen LogP contribution < -0.4 is 10.6 Å². The molecular formula is C31H35F4N3O6. The molecule has 2 aliphatic rings. The molecule has 2 fully saturated rings. The van der Waals surface area contributed by atoms with Crippen molar-refractivity contribution in [2.45, 2.75) is 69.6 Å². The Balaban J connectivity index is 1.45. The molecule has 9 nitrogen and oxygen atoms in total. The number of amides is 3. The normalized spacial score (nSPS) is 20.0. The second-order valence-electron chi connectivity index (χ2n) is 11.3. The van der Waals surface area contributed by atoms with E-state index in [-0.39, 0.29) is 24.8 Å². The van der Waals surface area contributed by atoms with Gasteiger partial charge in [-0.05, 0) is 42.4 Å². The van der Waals surface area contributed by atoms with E-state index in [4.69, 9.17) is 5.11 Å². The van der Waals surface area contributed by atoms with E-state index in [2.05, 4.69) is 10.6 Å². The number of likely N-dealkylation sites (tertiary alicyclic amines) is 1. The summed E-state index contributed by atoms with van der Waals surface area (Å²) in [5.41, 5.74) is -0.764. The highest BCUT2D eigenvalue weighted by atomic mass is 19.3. The van der Waals surface area contributed by atoms with Gasteiger partial charge in [0.05, 0.1) is 5.56 Å². The summed E-state index contributed by atoms with van der Waals surface area (Å²) in [4.78, 5) is 52.0. The van der Waals surface area contributed by atoms with E-state index in [9.17, 15) is 41.8 Å². The van der Waals surface area contributed by atoms with Crippen molar-refractivity contribution in [3.05, 3.63) is 70.8 Å². The Hall–Kier alpha value is -4.00. The number of nitrogens with one attached hydrogen (secondary N) is 2. The molecule has 1 aliphatic heterocycles. The fourth-order valence-electron chi connectivity index (χ4n) is 6.14. The number of aliphatic hydroxyl groups excluding tert-OH is 1. The lowest BCUT2D eigenvalue weighted by molar-refractivity contribution is -0.146. The van der Waals surface area contributed by atoms with Crippen molar-refractivity contribution in [3.8, 4) is 0 Å². The largest absolute Gasteiger partial charge is 0.478 e. The van der Waals surface area contributed by atoms with E-state index in [1.54, 1.807) is 30.3 Å². The van der Waals surface area contributed by atoms with E-state index in [0.717, 1.165) is 25.7 Å². The third kappa shape index (κ3) is 7.93. The van der Waals surface area contributed by atoms with Crippen LogP contribution in [-0.4, -0.2) is 70.4 Å². The second-order valence-corrected chi connectivity index (χ2v) is 11.3. The maximum atomic E-state index is 14.3. The summed E-state index contributed by atoms with van der Waals surface area (Å²) in [5.74, 6) is -6.13. The Labute approximate surface area is 251 Å². The molecule has 0 unspecified atom stereocenters. The molecule has 4 N–H and O–H groups in total. The van der Waals surface area contributed by atoms with Crippen LogP contribution in [-0.2, 0) is 20.8 Å². The average molecular weight is 622 g/mol. The average Bonchev–Trinajstić information content (AvgIpc) is 3.68. The molecule has 0 bridgehead atoms. The zero-order chi connectivity index (χ0) is 32.0. The minimum atomic E-state index is -2.99. The van der Waals surface area contributed by atoms with Gasteiger partial charge in [-0.1, -0.05) is 56.0 Å². The minimum Gasteiger partial charge on any atom is -0.478 e. The van der Waals surface area contributed by atoms with Crippen molar-refractivity contribution in [1.29, 1.82) is 0 Å².